The number of urea groups is 1. The SMILES string of the molecule is CC(C)(C)C1CCN(C(=O)N(CC(=O)O)C2CC2)C1. The molecule has 19 heavy (non-hydrogen) atoms. The molecule has 0 bridgehead atoms. The molecule has 2 fully saturated rings. The normalized spacial score (nSPS) is 23.5. The molecule has 0 aromatic heterocycles. The second-order valence-corrected chi connectivity index (χ2v) is 6.83. The first-order chi connectivity index (χ1) is 8.79. The Morgan fingerprint density at radius 2 is 1.89 bits per heavy atom. The summed E-state index contributed by atoms with van der Waals surface area (Å²) in [4.78, 5) is 26.7. The van der Waals surface area contributed by atoms with Gasteiger partial charge in [0.05, 0.1) is 0 Å². The molecule has 2 rings (SSSR count). The Bertz CT molecular complexity index is 371. The highest BCUT2D eigenvalue weighted by Gasteiger charge is 2.40. The quantitative estimate of drug-likeness (QED) is 0.852. The van der Waals surface area contributed by atoms with Gasteiger partial charge in [-0.25, -0.2) is 4.79 Å². The van der Waals surface area contributed by atoms with Gasteiger partial charge in [-0.15, -0.1) is 0 Å². The highest BCUT2D eigenvalue weighted by molar-refractivity contribution is 5.81. The number of amides is 2. The highest BCUT2D eigenvalue weighted by atomic mass is 16.4. The van der Waals surface area contributed by atoms with Crippen molar-refractivity contribution in [2.45, 2.75) is 46.1 Å². The third kappa shape index (κ3) is 3.39. The zero-order chi connectivity index (χ0) is 14.2. The van der Waals surface area contributed by atoms with E-state index in [0.717, 1.165) is 32.4 Å². The van der Waals surface area contributed by atoms with Crippen molar-refractivity contribution in [3.63, 3.8) is 0 Å². The van der Waals surface area contributed by atoms with Crippen LogP contribution in [0.3, 0.4) is 0 Å². The molecule has 2 amide bonds. The molecule has 1 atom stereocenters. The van der Waals surface area contributed by atoms with Crippen molar-refractivity contribution >= 4 is 12.0 Å². The number of carbonyl (C=O) groups excluding carboxylic acids is 1. The second-order valence-electron chi connectivity index (χ2n) is 6.83. The Morgan fingerprint density at radius 3 is 2.32 bits per heavy atom. The fraction of sp³-hybridized carbons (Fsp3) is 0.857. The van der Waals surface area contributed by atoms with Crippen LogP contribution in [0.25, 0.3) is 0 Å². The molecule has 2 aliphatic rings. The van der Waals surface area contributed by atoms with Gasteiger partial charge in [0.1, 0.15) is 6.54 Å². The molecule has 1 saturated carbocycles. The topological polar surface area (TPSA) is 60.9 Å². The first kappa shape index (κ1) is 14.2. The summed E-state index contributed by atoms with van der Waals surface area (Å²) in [7, 11) is 0. The predicted molar refractivity (Wildman–Crippen MR) is 71.9 cm³/mol. The third-order valence-corrected chi connectivity index (χ3v) is 4.22. The standard InChI is InChI=1S/C14H24N2O3/c1-14(2,3)10-6-7-15(8-10)13(19)16(9-12(17)18)11-4-5-11/h10-11H,4-9H2,1-3H3,(H,17,18). The van der Waals surface area contributed by atoms with E-state index in [9.17, 15) is 9.59 Å². The molecule has 108 valence electrons. The summed E-state index contributed by atoms with van der Waals surface area (Å²) >= 11 is 0. The van der Waals surface area contributed by atoms with E-state index in [1.54, 1.807) is 0 Å². The molecule has 1 saturated heterocycles. The molecule has 5 nitrogen and oxygen atoms in total. The highest BCUT2D eigenvalue weighted by Crippen LogP contribution is 2.35. The molecular formula is C14H24N2O3. The van der Waals surface area contributed by atoms with Crippen LogP contribution < -0.4 is 0 Å². The number of aliphatic carboxylic acids is 1. The zero-order valence-corrected chi connectivity index (χ0v) is 12.1. The zero-order valence-electron chi connectivity index (χ0n) is 12.1. The largest absolute Gasteiger partial charge is 0.480 e. The second kappa shape index (κ2) is 5.02. The number of likely N-dealkylation sites (tertiary alicyclic amines) is 1. The van der Waals surface area contributed by atoms with Gasteiger partial charge in [-0.1, -0.05) is 20.8 Å². The van der Waals surface area contributed by atoms with Crippen molar-refractivity contribution in [1.82, 2.24) is 9.80 Å². The van der Waals surface area contributed by atoms with Crippen LogP contribution in [-0.2, 0) is 4.79 Å². The van der Waals surface area contributed by atoms with Crippen LogP contribution in [-0.4, -0.2) is 52.6 Å². The lowest BCUT2D eigenvalue weighted by Crippen LogP contribution is -2.46. The van der Waals surface area contributed by atoms with E-state index in [4.69, 9.17) is 5.11 Å². The van der Waals surface area contributed by atoms with Gasteiger partial charge in [0.2, 0.25) is 0 Å². The molecule has 1 aliphatic carbocycles. The predicted octanol–water partition coefficient (Wildman–Crippen LogP) is 2.02. The fourth-order valence-electron chi connectivity index (χ4n) is 2.71. The number of carboxylic acids is 1. The van der Waals surface area contributed by atoms with Gasteiger partial charge in [-0.2, -0.15) is 0 Å². The lowest BCUT2D eigenvalue weighted by molar-refractivity contribution is -0.137. The Hall–Kier alpha value is -1.26. The van der Waals surface area contributed by atoms with Crippen LogP contribution in [0, 0.1) is 11.3 Å². The maximum absolute atomic E-state index is 12.4. The average Bonchev–Trinajstić information content (AvgIpc) is 2.99. The number of nitrogens with zero attached hydrogens (tertiary/aromatic N) is 2. The Kier molecular flexibility index (Phi) is 3.74. The molecule has 1 unspecified atom stereocenters. The van der Waals surface area contributed by atoms with Gasteiger partial charge in [-0.3, -0.25) is 4.79 Å². The van der Waals surface area contributed by atoms with E-state index >= 15 is 0 Å². The number of hydrogen-bond donors (Lipinski definition) is 1. The van der Waals surface area contributed by atoms with Crippen LogP contribution in [0.15, 0.2) is 0 Å². The van der Waals surface area contributed by atoms with E-state index in [1.165, 1.54) is 4.90 Å². The van der Waals surface area contributed by atoms with Gasteiger partial charge in [0, 0.05) is 19.1 Å². The monoisotopic (exact) mass is 268 g/mol. The minimum absolute atomic E-state index is 0.0864. The van der Waals surface area contributed by atoms with E-state index in [0.29, 0.717) is 5.92 Å². The Labute approximate surface area is 114 Å². The smallest absolute Gasteiger partial charge is 0.323 e. The number of rotatable bonds is 3. The summed E-state index contributed by atoms with van der Waals surface area (Å²) < 4.78 is 0. The molecular weight excluding hydrogens is 244 g/mol. The molecule has 0 spiro atoms. The summed E-state index contributed by atoms with van der Waals surface area (Å²) in [6.07, 6.45) is 2.89. The minimum Gasteiger partial charge on any atom is -0.480 e. The van der Waals surface area contributed by atoms with Crippen molar-refractivity contribution < 1.29 is 14.7 Å². The molecule has 5 heteroatoms. The first-order valence-corrected chi connectivity index (χ1v) is 7.06. The Balaban J connectivity index is 1.97. The van der Waals surface area contributed by atoms with Crippen LogP contribution in [0.2, 0.25) is 0 Å². The van der Waals surface area contributed by atoms with Crippen molar-refractivity contribution in [1.29, 1.82) is 0 Å². The maximum Gasteiger partial charge on any atom is 0.323 e. The summed E-state index contributed by atoms with van der Waals surface area (Å²) in [6.45, 7) is 7.93. The van der Waals surface area contributed by atoms with Gasteiger partial charge in [0.15, 0.2) is 0 Å². The van der Waals surface area contributed by atoms with E-state index in [-0.39, 0.29) is 24.0 Å². The maximum atomic E-state index is 12.4. The van der Waals surface area contributed by atoms with Crippen LogP contribution in [0.1, 0.15) is 40.0 Å². The van der Waals surface area contributed by atoms with Crippen molar-refractivity contribution in [2.24, 2.45) is 11.3 Å². The number of carbonyl (C=O) groups is 2. The molecule has 0 aromatic rings. The molecule has 1 heterocycles. The lowest BCUT2D eigenvalue weighted by Gasteiger charge is -2.29. The minimum atomic E-state index is -0.924. The van der Waals surface area contributed by atoms with E-state index in [1.807, 2.05) is 4.90 Å². The average molecular weight is 268 g/mol. The van der Waals surface area contributed by atoms with Crippen LogP contribution in [0.5, 0.6) is 0 Å². The summed E-state index contributed by atoms with van der Waals surface area (Å²) in [5, 5.41) is 8.92. The van der Waals surface area contributed by atoms with Gasteiger partial charge in [-0.05, 0) is 30.6 Å². The summed E-state index contributed by atoms with van der Waals surface area (Å²) in [5.41, 5.74) is 0.201. The Morgan fingerprint density at radius 1 is 1.26 bits per heavy atom. The van der Waals surface area contributed by atoms with Crippen molar-refractivity contribution in [3.8, 4) is 0 Å². The van der Waals surface area contributed by atoms with Crippen LogP contribution >= 0.6 is 0 Å². The van der Waals surface area contributed by atoms with Gasteiger partial charge < -0.3 is 14.9 Å². The van der Waals surface area contributed by atoms with Gasteiger partial charge in [0.25, 0.3) is 0 Å². The first-order valence-electron chi connectivity index (χ1n) is 7.06. The number of carboxylic acid groups (broad SMARTS) is 1. The summed E-state index contributed by atoms with van der Waals surface area (Å²) in [5.74, 6) is -0.422. The third-order valence-electron chi connectivity index (χ3n) is 4.22. The lowest BCUT2D eigenvalue weighted by atomic mass is 9.80. The summed E-state index contributed by atoms with van der Waals surface area (Å²) in [6, 6.07) is 0.0638. The molecule has 1 aliphatic heterocycles. The fourth-order valence-corrected chi connectivity index (χ4v) is 2.71. The molecule has 0 radical (unpaired) electrons. The van der Waals surface area contributed by atoms with E-state index < -0.39 is 5.97 Å². The van der Waals surface area contributed by atoms with Gasteiger partial charge >= 0.3 is 12.0 Å². The van der Waals surface area contributed by atoms with Crippen LogP contribution in [0.4, 0.5) is 4.79 Å². The van der Waals surface area contributed by atoms with Crippen molar-refractivity contribution in [3.05, 3.63) is 0 Å². The molecule has 0 aromatic carbocycles. The number of hydrogen-bond acceptors (Lipinski definition) is 2. The van der Waals surface area contributed by atoms with Crippen molar-refractivity contribution in [2.75, 3.05) is 19.6 Å². The van der Waals surface area contributed by atoms with E-state index in [2.05, 4.69) is 20.8 Å². The molecule has 1 N–H and O–H groups in total.